The lowest BCUT2D eigenvalue weighted by Gasteiger charge is -2.24. The summed E-state index contributed by atoms with van der Waals surface area (Å²) >= 11 is 0. The molecule has 0 saturated heterocycles. The van der Waals surface area contributed by atoms with E-state index in [1.54, 1.807) is 4.90 Å². The Balaban J connectivity index is 0.00000220. The molecule has 0 aromatic heterocycles. The molecule has 1 amide bonds. The standard InChI is InChI=1S/C17H22N2O.ClH/c1-12(13(2)18)17(20)19(3)11-15-9-6-8-14-7-4-5-10-16(14)15;/h4-10,12-13H,11,18H2,1-3H3;1H. The Morgan fingerprint density at radius 2 is 1.76 bits per heavy atom. The van der Waals surface area contributed by atoms with Crippen molar-refractivity contribution in [2.45, 2.75) is 26.4 Å². The van der Waals surface area contributed by atoms with Crippen molar-refractivity contribution < 1.29 is 4.79 Å². The minimum absolute atomic E-state index is 0. The maximum Gasteiger partial charge on any atom is 0.226 e. The van der Waals surface area contributed by atoms with E-state index in [0.29, 0.717) is 6.54 Å². The topological polar surface area (TPSA) is 46.3 Å². The van der Waals surface area contributed by atoms with Gasteiger partial charge in [-0.25, -0.2) is 0 Å². The number of hydrogen-bond acceptors (Lipinski definition) is 2. The van der Waals surface area contributed by atoms with Crippen LogP contribution in [0.3, 0.4) is 0 Å². The third-order valence-electron chi connectivity index (χ3n) is 3.84. The molecule has 2 unspecified atom stereocenters. The van der Waals surface area contributed by atoms with Crippen LogP contribution in [0.15, 0.2) is 42.5 Å². The molecule has 0 aliphatic heterocycles. The van der Waals surface area contributed by atoms with Crippen LogP contribution in [0.5, 0.6) is 0 Å². The van der Waals surface area contributed by atoms with Crippen LogP contribution < -0.4 is 5.73 Å². The van der Waals surface area contributed by atoms with Crippen molar-refractivity contribution in [1.82, 2.24) is 4.90 Å². The third kappa shape index (κ3) is 3.96. The Kier molecular flexibility index (Phi) is 6.19. The molecule has 4 heteroatoms. The van der Waals surface area contributed by atoms with E-state index in [9.17, 15) is 4.79 Å². The van der Waals surface area contributed by atoms with Gasteiger partial charge >= 0.3 is 0 Å². The fourth-order valence-corrected chi connectivity index (χ4v) is 2.34. The highest BCUT2D eigenvalue weighted by Gasteiger charge is 2.21. The van der Waals surface area contributed by atoms with Gasteiger partial charge in [0.25, 0.3) is 0 Å². The molecule has 0 bridgehead atoms. The Morgan fingerprint density at radius 3 is 2.43 bits per heavy atom. The molecule has 21 heavy (non-hydrogen) atoms. The predicted octanol–water partition coefficient (Wildman–Crippen LogP) is 3.20. The zero-order chi connectivity index (χ0) is 14.7. The van der Waals surface area contributed by atoms with Crippen LogP contribution in [-0.2, 0) is 11.3 Å². The lowest BCUT2D eigenvalue weighted by Crippen LogP contribution is -2.39. The second kappa shape index (κ2) is 7.43. The van der Waals surface area contributed by atoms with Gasteiger partial charge in [0.1, 0.15) is 0 Å². The number of amides is 1. The van der Waals surface area contributed by atoms with Gasteiger partial charge in [-0.3, -0.25) is 4.79 Å². The van der Waals surface area contributed by atoms with Gasteiger partial charge in [0.2, 0.25) is 5.91 Å². The average Bonchev–Trinajstić information content (AvgIpc) is 2.46. The number of nitrogens with two attached hydrogens (primary N) is 1. The Morgan fingerprint density at radius 1 is 1.14 bits per heavy atom. The summed E-state index contributed by atoms with van der Waals surface area (Å²) in [4.78, 5) is 14.0. The number of carbonyl (C=O) groups is 1. The summed E-state index contributed by atoms with van der Waals surface area (Å²) in [6, 6.07) is 14.3. The van der Waals surface area contributed by atoms with E-state index in [1.807, 2.05) is 39.1 Å². The molecule has 0 radical (unpaired) electrons. The molecule has 2 N–H and O–H groups in total. The number of nitrogens with zero attached hydrogens (tertiary/aromatic N) is 1. The maximum atomic E-state index is 12.3. The van der Waals surface area contributed by atoms with Crippen molar-refractivity contribution in [2.75, 3.05) is 7.05 Å². The molecule has 0 heterocycles. The zero-order valence-corrected chi connectivity index (χ0v) is 13.6. The quantitative estimate of drug-likeness (QED) is 0.943. The molecule has 2 aromatic carbocycles. The molecule has 0 spiro atoms. The van der Waals surface area contributed by atoms with Crippen molar-refractivity contribution >= 4 is 29.1 Å². The fourth-order valence-electron chi connectivity index (χ4n) is 2.34. The average molecular weight is 307 g/mol. The van der Waals surface area contributed by atoms with Crippen LogP contribution in [0, 0.1) is 5.92 Å². The molecular formula is C17H23ClN2O. The minimum Gasteiger partial charge on any atom is -0.341 e. The smallest absolute Gasteiger partial charge is 0.226 e. The Hall–Kier alpha value is -1.58. The van der Waals surface area contributed by atoms with Gasteiger partial charge in [0, 0.05) is 19.6 Å². The van der Waals surface area contributed by atoms with E-state index in [4.69, 9.17) is 5.73 Å². The Labute approximate surface area is 132 Å². The number of hydrogen-bond donors (Lipinski definition) is 1. The molecule has 0 fully saturated rings. The van der Waals surface area contributed by atoms with Crippen molar-refractivity contribution in [1.29, 1.82) is 0 Å². The molecule has 2 rings (SSSR count). The molecule has 2 aromatic rings. The van der Waals surface area contributed by atoms with Gasteiger partial charge in [-0.15, -0.1) is 12.4 Å². The molecule has 2 atom stereocenters. The van der Waals surface area contributed by atoms with Gasteiger partial charge < -0.3 is 10.6 Å². The number of rotatable bonds is 4. The van der Waals surface area contributed by atoms with E-state index in [2.05, 4.69) is 24.3 Å². The van der Waals surface area contributed by atoms with E-state index in [1.165, 1.54) is 10.8 Å². The van der Waals surface area contributed by atoms with Crippen LogP contribution in [0.1, 0.15) is 19.4 Å². The van der Waals surface area contributed by atoms with E-state index < -0.39 is 0 Å². The van der Waals surface area contributed by atoms with Crippen molar-refractivity contribution in [3.05, 3.63) is 48.0 Å². The summed E-state index contributed by atoms with van der Waals surface area (Å²) in [7, 11) is 1.84. The number of halogens is 1. The van der Waals surface area contributed by atoms with Gasteiger partial charge in [-0.05, 0) is 23.3 Å². The monoisotopic (exact) mass is 306 g/mol. The summed E-state index contributed by atoms with van der Waals surface area (Å²) in [6.07, 6.45) is 0. The molecule has 0 saturated carbocycles. The van der Waals surface area contributed by atoms with E-state index in [-0.39, 0.29) is 30.3 Å². The van der Waals surface area contributed by atoms with Crippen LogP contribution in [0.2, 0.25) is 0 Å². The second-order valence-corrected chi connectivity index (χ2v) is 5.48. The first-order valence-electron chi connectivity index (χ1n) is 6.98. The highest BCUT2D eigenvalue weighted by atomic mass is 35.5. The van der Waals surface area contributed by atoms with Crippen molar-refractivity contribution in [3.8, 4) is 0 Å². The fraction of sp³-hybridized carbons (Fsp3) is 0.353. The maximum absolute atomic E-state index is 12.3. The Bertz CT molecular complexity index is 607. The number of carbonyl (C=O) groups excluding carboxylic acids is 1. The largest absolute Gasteiger partial charge is 0.341 e. The van der Waals surface area contributed by atoms with E-state index in [0.717, 1.165) is 5.56 Å². The van der Waals surface area contributed by atoms with Crippen LogP contribution in [-0.4, -0.2) is 23.9 Å². The van der Waals surface area contributed by atoms with Gasteiger partial charge in [0.05, 0.1) is 5.92 Å². The lowest BCUT2D eigenvalue weighted by atomic mass is 10.0. The van der Waals surface area contributed by atoms with Gasteiger partial charge in [0.15, 0.2) is 0 Å². The number of benzene rings is 2. The molecule has 3 nitrogen and oxygen atoms in total. The summed E-state index contributed by atoms with van der Waals surface area (Å²) in [5, 5.41) is 2.40. The zero-order valence-electron chi connectivity index (χ0n) is 12.7. The first kappa shape index (κ1) is 17.5. The predicted molar refractivity (Wildman–Crippen MR) is 90.5 cm³/mol. The van der Waals surface area contributed by atoms with Gasteiger partial charge in [-0.1, -0.05) is 49.4 Å². The number of fused-ring (bicyclic) bond motifs is 1. The second-order valence-electron chi connectivity index (χ2n) is 5.48. The van der Waals surface area contributed by atoms with E-state index >= 15 is 0 Å². The summed E-state index contributed by atoms with van der Waals surface area (Å²) in [5.41, 5.74) is 6.97. The molecule has 0 aliphatic carbocycles. The summed E-state index contributed by atoms with van der Waals surface area (Å²) in [6.45, 7) is 4.36. The van der Waals surface area contributed by atoms with Crippen molar-refractivity contribution in [3.63, 3.8) is 0 Å². The minimum atomic E-state index is -0.157. The summed E-state index contributed by atoms with van der Waals surface area (Å²) < 4.78 is 0. The molecule has 114 valence electrons. The first-order valence-corrected chi connectivity index (χ1v) is 6.98. The highest BCUT2D eigenvalue weighted by molar-refractivity contribution is 5.86. The SMILES string of the molecule is CC(N)C(C)C(=O)N(C)Cc1cccc2ccccc12.Cl. The van der Waals surface area contributed by atoms with Crippen molar-refractivity contribution in [2.24, 2.45) is 11.7 Å². The van der Waals surface area contributed by atoms with Crippen LogP contribution in [0.25, 0.3) is 10.8 Å². The first-order chi connectivity index (χ1) is 9.50. The summed E-state index contributed by atoms with van der Waals surface area (Å²) in [5.74, 6) is -0.0667. The molecule has 0 aliphatic rings. The normalized spacial score (nSPS) is 13.3. The van der Waals surface area contributed by atoms with Crippen LogP contribution in [0.4, 0.5) is 0 Å². The highest BCUT2D eigenvalue weighted by Crippen LogP contribution is 2.20. The van der Waals surface area contributed by atoms with Gasteiger partial charge in [-0.2, -0.15) is 0 Å². The molecular weight excluding hydrogens is 284 g/mol. The lowest BCUT2D eigenvalue weighted by molar-refractivity contribution is -0.134. The van der Waals surface area contributed by atoms with Crippen LogP contribution >= 0.6 is 12.4 Å². The third-order valence-corrected chi connectivity index (χ3v) is 3.84.